The van der Waals surface area contributed by atoms with Crippen LogP contribution in [0.4, 0.5) is 0 Å². The van der Waals surface area contributed by atoms with Crippen LogP contribution in [0.15, 0.2) is 0 Å². The van der Waals surface area contributed by atoms with Crippen molar-refractivity contribution in [2.45, 2.75) is 64.1 Å². The lowest BCUT2D eigenvalue weighted by Gasteiger charge is -2.19. The monoisotopic (exact) mass is 248 g/mol. The Morgan fingerprint density at radius 2 is 1.53 bits per heavy atom. The first-order valence-electron chi connectivity index (χ1n) is 6.73. The molecule has 0 rings (SSSR count). The van der Waals surface area contributed by atoms with Gasteiger partial charge < -0.3 is 20.4 Å². The molecule has 4 nitrogen and oxygen atoms in total. The zero-order valence-electron chi connectivity index (χ0n) is 10.9. The zero-order valence-corrected chi connectivity index (χ0v) is 10.9. The van der Waals surface area contributed by atoms with Gasteiger partial charge in [-0.3, -0.25) is 0 Å². The number of aliphatic hydroxyl groups excluding tert-OH is 4. The zero-order chi connectivity index (χ0) is 13.1. The molecule has 0 saturated carbocycles. The third kappa shape index (κ3) is 8.55. The Labute approximate surface area is 104 Å². The molecule has 0 aliphatic rings. The van der Waals surface area contributed by atoms with E-state index < -0.39 is 6.10 Å². The van der Waals surface area contributed by atoms with E-state index in [4.69, 9.17) is 10.2 Å². The van der Waals surface area contributed by atoms with Crippen molar-refractivity contribution in [3.8, 4) is 0 Å². The van der Waals surface area contributed by atoms with E-state index in [1.807, 2.05) is 6.92 Å². The van der Waals surface area contributed by atoms with E-state index in [1.165, 1.54) is 0 Å². The molecule has 0 aromatic rings. The van der Waals surface area contributed by atoms with Gasteiger partial charge in [0, 0.05) is 19.1 Å². The molecule has 0 aliphatic heterocycles. The number of unbranched alkanes of at least 4 members (excludes halogenated alkanes) is 1. The van der Waals surface area contributed by atoms with Crippen LogP contribution >= 0.6 is 0 Å². The molecule has 3 unspecified atom stereocenters. The topological polar surface area (TPSA) is 80.9 Å². The number of rotatable bonds is 11. The first-order chi connectivity index (χ1) is 8.15. The van der Waals surface area contributed by atoms with Gasteiger partial charge in [-0.25, -0.2) is 0 Å². The predicted octanol–water partition coefficient (Wildman–Crippen LogP) is 1.06. The second-order valence-electron chi connectivity index (χ2n) is 4.72. The minimum Gasteiger partial charge on any atom is -0.396 e. The van der Waals surface area contributed by atoms with Gasteiger partial charge in [0.15, 0.2) is 0 Å². The molecule has 0 bridgehead atoms. The summed E-state index contributed by atoms with van der Waals surface area (Å²) in [6.45, 7) is 2.16. The lowest BCUT2D eigenvalue weighted by atomic mass is 9.95. The van der Waals surface area contributed by atoms with E-state index in [1.54, 1.807) is 0 Å². The molecule has 4 N–H and O–H groups in total. The summed E-state index contributed by atoms with van der Waals surface area (Å²) in [5.74, 6) is -0.0402. The van der Waals surface area contributed by atoms with Crippen LogP contribution in [0.1, 0.15) is 51.9 Å². The molecule has 0 aliphatic carbocycles. The van der Waals surface area contributed by atoms with Crippen LogP contribution in [0.5, 0.6) is 0 Å². The molecule has 0 spiro atoms. The van der Waals surface area contributed by atoms with E-state index in [2.05, 4.69) is 0 Å². The van der Waals surface area contributed by atoms with E-state index in [-0.39, 0.29) is 25.2 Å². The summed E-state index contributed by atoms with van der Waals surface area (Å²) >= 11 is 0. The van der Waals surface area contributed by atoms with Crippen LogP contribution in [0.2, 0.25) is 0 Å². The lowest BCUT2D eigenvalue weighted by Crippen LogP contribution is -2.23. The van der Waals surface area contributed by atoms with Crippen LogP contribution in [-0.2, 0) is 0 Å². The fraction of sp³-hybridized carbons (Fsp3) is 1.00. The molecule has 104 valence electrons. The Balaban J connectivity index is 3.54. The molecule has 0 saturated heterocycles. The third-order valence-electron chi connectivity index (χ3n) is 3.29. The summed E-state index contributed by atoms with van der Waals surface area (Å²) in [5.41, 5.74) is 0. The van der Waals surface area contributed by atoms with Crippen molar-refractivity contribution >= 4 is 0 Å². The molecule has 0 amide bonds. The van der Waals surface area contributed by atoms with Gasteiger partial charge in [0.25, 0.3) is 0 Å². The number of hydrogen-bond acceptors (Lipinski definition) is 4. The minimum atomic E-state index is -0.463. The number of hydrogen-bond donors (Lipinski definition) is 4. The van der Waals surface area contributed by atoms with Crippen molar-refractivity contribution in [1.29, 1.82) is 0 Å². The van der Waals surface area contributed by atoms with Gasteiger partial charge in [-0.15, -0.1) is 0 Å². The van der Waals surface area contributed by atoms with Gasteiger partial charge in [-0.05, 0) is 44.9 Å². The first-order valence-corrected chi connectivity index (χ1v) is 6.73. The lowest BCUT2D eigenvalue weighted by molar-refractivity contribution is 0.0527. The maximum atomic E-state index is 9.76. The van der Waals surface area contributed by atoms with Gasteiger partial charge in [0.1, 0.15) is 0 Å². The Morgan fingerprint density at radius 3 is 2.06 bits per heavy atom. The van der Waals surface area contributed by atoms with Crippen LogP contribution in [0.25, 0.3) is 0 Å². The summed E-state index contributed by atoms with van der Waals surface area (Å²) in [4.78, 5) is 0. The highest BCUT2D eigenvalue weighted by molar-refractivity contribution is 4.67. The van der Waals surface area contributed by atoms with Crippen molar-refractivity contribution in [3.63, 3.8) is 0 Å². The molecule has 3 atom stereocenters. The maximum absolute atomic E-state index is 9.76. The van der Waals surface area contributed by atoms with Crippen molar-refractivity contribution in [2.75, 3.05) is 13.2 Å². The minimum absolute atomic E-state index is 0.0245. The summed E-state index contributed by atoms with van der Waals surface area (Å²) in [6.07, 6.45) is 4.37. The van der Waals surface area contributed by atoms with Crippen molar-refractivity contribution < 1.29 is 20.4 Å². The average Bonchev–Trinajstić information content (AvgIpc) is 2.31. The average molecular weight is 248 g/mol. The van der Waals surface area contributed by atoms with E-state index in [0.717, 1.165) is 25.7 Å². The molecular weight excluding hydrogens is 220 g/mol. The third-order valence-corrected chi connectivity index (χ3v) is 3.29. The molecule has 0 aromatic heterocycles. The quantitative estimate of drug-likeness (QED) is 0.412. The van der Waals surface area contributed by atoms with E-state index in [0.29, 0.717) is 19.3 Å². The largest absolute Gasteiger partial charge is 0.396 e. The highest BCUT2D eigenvalue weighted by Crippen LogP contribution is 2.16. The fourth-order valence-corrected chi connectivity index (χ4v) is 1.96. The second kappa shape index (κ2) is 11.0. The Kier molecular flexibility index (Phi) is 10.9. The molecule has 17 heavy (non-hydrogen) atoms. The Bertz CT molecular complexity index is 159. The van der Waals surface area contributed by atoms with Crippen molar-refractivity contribution in [3.05, 3.63) is 0 Å². The normalized spacial score (nSPS) is 16.8. The molecule has 0 aromatic carbocycles. The highest BCUT2D eigenvalue weighted by Gasteiger charge is 2.16. The van der Waals surface area contributed by atoms with Gasteiger partial charge in [0.2, 0.25) is 0 Å². The summed E-state index contributed by atoms with van der Waals surface area (Å²) in [6, 6.07) is 0. The van der Waals surface area contributed by atoms with Crippen LogP contribution in [0.3, 0.4) is 0 Å². The van der Waals surface area contributed by atoms with Gasteiger partial charge >= 0.3 is 0 Å². The van der Waals surface area contributed by atoms with E-state index in [9.17, 15) is 10.2 Å². The summed E-state index contributed by atoms with van der Waals surface area (Å²) in [5, 5.41) is 37.0. The predicted molar refractivity (Wildman–Crippen MR) is 67.7 cm³/mol. The van der Waals surface area contributed by atoms with Gasteiger partial charge in [-0.2, -0.15) is 0 Å². The van der Waals surface area contributed by atoms with Crippen LogP contribution in [-0.4, -0.2) is 45.8 Å². The molecular formula is C13H28O4. The summed E-state index contributed by atoms with van der Waals surface area (Å²) in [7, 11) is 0. The smallest absolute Gasteiger partial charge is 0.0590 e. The summed E-state index contributed by atoms with van der Waals surface area (Å²) < 4.78 is 0. The maximum Gasteiger partial charge on any atom is 0.0590 e. The van der Waals surface area contributed by atoms with Crippen molar-refractivity contribution in [2.24, 2.45) is 5.92 Å². The molecule has 4 heteroatoms. The van der Waals surface area contributed by atoms with Crippen LogP contribution in [0, 0.1) is 5.92 Å². The second-order valence-corrected chi connectivity index (χ2v) is 4.72. The highest BCUT2D eigenvalue weighted by atomic mass is 16.3. The molecule has 0 radical (unpaired) electrons. The van der Waals surface area contributed by atoms with Crippen LogP contribution < -0.4 is 0 Å². The van der Waals surface area contributed by atoms with Gasteiger partial charge in [-0.1, -0.05) is 6.92 Å². The van der Waals surface area contributed by atoms with Crippen molar-refractivity contribution in [1.82, 2.24) is 0 Å². The first kappa shape index (κ1) is 16.8. The Hall–Kier alpha value is -0.160. The SMILES string of the molecule is CCC(CO)C(O)CCCC(O)CCCCO. The van der Waals surface area contributed by atoms with Gasteiger partial charge in [0.05, 0.1) is 12.2 Å². The Morgan fingerprint density at radius 1 is 0.882 bits per heavy atom. The molecule has 0 fully saturated rings. The number of aliphatic hydroxyl groups is 4. The molecule has 0 heterocycles. The van der Waals surface area contributed by atoms with E-state index >= 15 is 0 Å². The fourth-order valence-electron chi connectivity index (χ4n) is 1.96. The standard InChI is InChI=1S/C13H28O4/c1-2-11(10-15)13(17)8-5-7-12(16)6-3-4-9-14/h11-17H,2-10H2,1H3.